The molecular formula is C19H15N3. The predicted octanol–water partition coefficient (Wildman–Crippen LogP) is 4.22. The van der Waals surface area contributed by atoms with Crippen LogP contribution in [0.2, 0.25) is 0 Å². The van der Waals surface area contributed by atoms with Gasteiger partial charge in [-0.3, -0.25) is 0 Å². The zero-order valence-electron chi connectivity index (χ0n) is 13.8. The second-order valence-electron chi connectivity index (χ2n) is 5.23. The molecule has 0 spiro atoms. The summed E-state index contributed by atoms with van der Waals surface area (Å²) in [6, 6.07) is 17.3. The van der Waals surface area contributed by atoms with E-state index in [1.165, 1.54) is 0 Å². The third kappa shape index (κ3) is 1.95. The molecule has 3 nitrogen and oxygen atoms in total. The molecule has 0 fully saturated rings. The number of hydrogen-bond donors (Lipinski definition) is 2. The molecule has 0 saturated carbocycles. The summed E-state index contributed by atoms with van der Waals surface area (Å²) in [5.41, 5.74) is 15.1. The first-order valence-corrected chi connectivity index (χ1v) is 6.99. The summed E-state index contributed by atoms with van der Waals surface area (Å²) in [5, 5.41) is 2.52. The maximum absolute atomic E-state index is 8.03. The number of rotatable bonds is 1. The smallest absolute Gasteiger partial charge is 0.0788 e. The van der Waals surface area contributed by atoms with E-state index in [4.69, 9.17) is 19.2 Å². The minimum atomic E-state index is 0.251. The van der Waals surface area contributed by atoms with Crippen molar-refractivity contribution in [3.05, 3.63) is 66.7 Å². The second kappa shape index (κ2) is 4.74. The van der Waals surface area contributed by atoms with Gasteiger partial charge < -0.3 is 11.5 Å². The number of pyridine rings is 1. The van der Waals surface area contributed by atoms with E-state index < -0.39 is 0 Å². The molecule has 0 aliphatic carbocycles. The van der Waals surface area contributed by atoms with Gasteiger partial charge in [0, 0.05) is 27.7 Å². The highest BCUT2D eigenvalue weighted by Crippen LogP contribution is 2.34. The number of aromatic nitrogens is 1. The van der Waals surface area contributed by atoms with Crippen molar-refractivity contribution in [3.8, 4) is 11.3 Å². The van der Waals surface area contributed by atoms with Gasteiger partial charge in [-0.25, -0.2) is 4.98 Å². The third-order valence-electron chi connectivity index (χ3n) is 3.75. The number of nitrogens with two attached hydrogens (primary N) is 2. The van der Waals surface area contributed by atoms with Crippen molar-refractivity contribution in [1.29, 1.82) is 0 Å². The fourth-order valence-electron chi connectivity index (χ4n) is 2.73. The number of fused-ring (bicyclic) bond motifs is 3. The monoisotopic (exact) mass is 287 g/mol. The van der Waals surface area contributed by atoms with Crippen molar-refractivity contribution >= 4 is 33.1 Å². The molecule has 22 heavy (non-hydrogen) atoms. The first-order chi connectivity index (χ1) is 11.5. The Hall–Kier alpha value is -3.07. The molecule has 0 bridgehead atoms. The van der Waals surface area contributed by atoms with E-state index in [0.717, 1.165) is 27.4 Å². The highest BCUT2D eigenvalue weighted by atomic mass is 14.7. The van der Waals surface area contributed by atoms with Gasteiger partial charge in [0.15, 0.2) is 0 Å². The molecule has 1 heterocycles. The zero-order valence-corrected chi connectivity index (χ0v) is 11.8. The van der Waals surface area contributed by atoms with Gasteiger partial charge in [-0.05, 0) is 29.6 Å². The van der Waals surface area contributed by atoms with Gasteiger partial charge in [0.2, 0.25) is 0 Å². The van der Waals surface area contributed by atoms with Crippen molar-refractivity contribution < 1.29 is 2.74 Å². The van der Waals surface area contributed by atoms with Crippen molar-refractivity contribution in [1.82, 2.24) is 4.98 Å². The summed E-state index contributed by atoms with van der Waals surface area (Å²) in [7, 11) is 0. The Labute approximate surface area is 131 Å². The molecule has 0 aliphatic heterocycles. The molecule has 4 rings (SSSR count). The van der Waals surface area contributed by atoms with Crippen LogP contribution in [0.1, 0.15) is 2.74 Å². The van der Waals surface area contributed by atoms with E-state index in [1.807, 2.05) is 30.3 Å². The Morgan fingerprint density at radius 3 is 2.23 bits per heavy atom. The first kappa shape index (κ1) is 10.6. The minimum absolute atomic E-state index is 0.251. The Morgan fingerprint density at radius 1 is 0.773 bits per heavy atom. The van der Waals surface area contributed by atoms with Crippen LogP contribution in [0.15, 0.2) is 66.7 Å². The molecule has 1 aromatic heterocycles. The highest BCUT2D eigenvalue weighted by molar-refractivity contribution is 6.12. The van der Waals surface area contributed by atoms with Gasteiger partial charge in [0.05, 0.1) is 14.0 Å². The normalized spacial score (nSPS) is 12.4. The molecule has 0 amide bonds. The summed E-state index contributed by atoms with van der Waals surface area (Å²) in [5.74, 6) is 0. The molecule has 3 aromatic carbocycles. The van der Waals surface area contributed by atoms with Crippen molar-refractivity contribution in [3.63, 3.8) is 0 Å². The highest BCUT2D eigenvalue weighted by Gasteiger charge is 2.10. The minimum Gasteiger partial charge on any atom is -0.399 e. The number of nitrogen functional groups attached to an aromatic ring is 2. The molecule has 0 atom stereocenters. The Kier molecular flexibility index (Phi) is 2.29. The maximum atomic E-state index is 8.03. The lowest BCUT2D eigenvalue weighted by molar-refractivity contribution is 1.43. The number of hydrogen-bond acceptors (Lipinski definition) is 3. The number of benzene rings is 3. The van der Waals surface area contributed by atoms with Gasteiger partial charge in [0.1, 0.15) is 0 Å². The average Bonchev–Trinajstić information content (AvgIpc) is 2.58. The molecule has 0 saturated heterocycles. The summed E-state index contributed by atoms with van der Waals surface area (Å²) in [4.78, 5) is 4.77. The van der Waals surface area contributed by atoms with Gasteiger partial charge in [-0.15, -0.1) is 0 Å². The van der Waals surface area contributed by atoms with E-state index in [2.05, 4.69) is 0 Å². The van der Waals surface area contributed by atoms with Crippen LogP contribution in [0.5, 0.6) is 0 Å². The second-order valence-corrected chi connectivity index (χ2v) is 5.23. The van der Waals surface area contributed by atoms with E-state index in [1.54, 1.807) is 24.3 Å². The standard InChI is InChI=1S/C19H15N3/c20-13-6-8-15-16-9-7-14(21)11-18(16)22-19(17(15)10-13)12-4-2-1-3-5-12/h1-11H,20-21H2/i6D,7D. The topological polar surface area (TPSA) is 64.9 Å². The van der Waals surface area contributed by atoms with Crippen LogP contribution >= 0.6 is 0 Å². The molecule has 3 heteroatoms. The van der Waals surface area contributed by atoms with E-state index >= 15 is 0 Å². The summed E-state index contributed by atoms with van der Waals surface area (Å²) >= 11 is 0. The van der Waals surface area contributed by atoms with E-state index in [-0.39, 0.29) is 12.1 Å². The van der Waals surface area contributed by atoms with Gasteiger partial charge in [-0.2, -0.15) is 0 Å². The summed E-state index contributed by atoms with van der Waals surface area (Å²) in [6.45, 7) is 0. The summed E-state index contributed by atoms with van der Waals surface area (Å²) < 4.78 is 16.0. The van der Waals surface area contributed by atoms with Gasteiger partial charge in [-0.1, -0.05) is 42.5 Å². The SMILES string of the molecule is [2H]c1cc2c(cc1N)nc(-c1ccccc1)c1cc(N)c([2H])cc12. The van der Waals surface area contributed by atoms with Crippen LogP contribution < -0.4 is 11.5 Å². The third-order valence-corrected chi connectivity index (χ3v) is 3.75. The number of anilines is 2. The lowest BCUT2D eigenvalue weighted by atomic mass is 9.99. The average molecular weight is 287 g/mol. The Balaban J connectivity index is 2.22. The molecule has 4 aromatic rings. The maximum Gasteiger partial charge on any atom is 0.0788 e. The van der Waals surface area contributed by atoms with E-state index in [9.17, 15) is 0 Å². The molecular weight excluding hydrogens is 270 g/mol. The van der Waals surface area contributed by atoms with Crippen LogP contribution in [0.3, 0.4) is 0 Å². The van der Waals surface area contributed by atoms with E-state index in [0.29, 0.717) is 16.9 Å². The Morgan fingerprint density at radius 2 is 1.45 bits per heavy atom. The van der Waals surface area contributed by atoms with Crippen LogP contribution in [-0.4, -0.2) is 4.98 Å². The largest absolute Gasteiger partial charge is 0.399 e. The zero-order chi connectivity index (χ0) is 16.8. The lowest BCUT2D eigenvalue weighted by Crippen LogP contribution is -1.93. The molecule has 0 radical (unpaired) electrons. The van der Waals surface area contributed by atoms with Crippen LogP contribution in [0.4, 0.5) is 11.4 Å². The van der Waals surface area contributed by atoms with Crippen LogP contribution in [0.25, 0.3) is 32.9 Å². The predicted molar refractivity (Wildman–Crippen MR) is 93.5 cm³/mol. The van der Waals surface area contributed by atoms with Crippen molar-refractivity contribution in [2.75, 3.05) is 11.5 Å². The van der Waals surface area contributed by atoms with Gasteiger partial charge >= 0.3 is 0 Å². The van der Waals surface area contributed by atoms with Crippen molar-refractivity contribution in [2.24, 2.45) is 0 Å². The van der Waals surface area contributed by atoms with Crippen LogP contribution in [-0.2, 0) is 0 Å². The molecule has 0 aliphatic rings. The fraction of sp³-hybridized carbons (Fsp3) is 0. The quantitative estimate of drug-likeness (QED) is 0.407. The van der Waals surface area contributed by atoms with Gasteiger partial charge in [0.25, 0.3) is 0 Å². The summed E-state index contributed by atoms with van der Waals surface area (Å²) in [6.07, 6.45) is 0. The fourth-order valence-corrected chi connectivity index (χ4v) is 2.73. The number of nitrogens with zero attached hydrogens (tertiary/aromatic N) is 1. The lowest BCUT2D eigenvalue weighted by Gasteiger charge is -2.11. The molecule has 4 N–H and O–H groups in total. The first-order valence-electron chi connectivity index (χ1n) is 7.99. The molecule has 106 valence electrons. The van der Waals surface area contributed by atoms with Crippen molar-refractivity contribution in [2.45, 2.75) is 0 Å². The molecule has 0 unspecified atom stereocenters. The van der Waals surface area contributed by atoms with Crippen LogP contribution in [0, 0.1) is 0 Å². The Bertz CT molecular complexity index is 1090.